The Bertz CT molecular complexity index is 97.9. The van der Waals surface area contributed by atoms with E-state index in [-0.39, 0.29) is 17.7 Å². The van der Waals surface area contributed by atoms with Crippen molar-refractivity contribution in [3.8, 4) is 0 Å². The van der Waals surface area contributed by atoms with E-state index in [1.54, 1.807) is 0 Å². The van der Waals surface area contributed by atoms with E-state index in [0.717, 1.165) is 0 Å². The van der Waals surface area contributed by atoms with Gasteiger partial charge in [-0.15, -0.1) is 9.24 Å². The molecule has 0 aliphatic heterocycles. The molecular formula is C4H7O2P. The molecule has 2 nitrogen and oxygen atoms in total. The molecule has 40 valence electrons. The van der Waals surface area contributed by atoms with Gasteiger partial charge in [0.15, 0.2) is 5.78 Å². The smallest absolute Gasteiger partial charge is 0.201 e. The zero-order chi connectivity index (χ0) is 5.86. The first kappa shape index (κ1) is 6.77. The van der Waals surface area contributed by atoms with Gasteiger partial charge in [0, 0.05) is 13.1 Å². The minimum Gasteiger partial charge on any atom is -0.291 e. The summed E-state index contributed by atoms with van der Waals surface area (Å²) in [5.41, 5.74) is 0. The lowest BCUT2D eigenvalue weighted by Gasteiger charge is -1.81. The molecular weight excluding hydrogens is 111 g/mol. The average molecular weight is 118 g/mol. The average Bonchev–Trinajstić information content (AvgIpc) is 1.65. The Kier molecular flexibility index (Phi) is 2.77. The van der Waals surface area contributed by atoms with Crippen LogP contribution >= 0.6 is 9.24 Å². The van der Waals surface area contributed by atoms with Gasteiger partial charge in [-0.25, -0.2) is 0 Å². The number of hydrogen-bond acceptors (Lipinski definition) is 2. The Morgan fingerprint density at radius 2 is 2.00 bits per heavy atom. The van der Waals surface area contributed by atoms with Crippen LogP contribution in [-0.2, 0) is 9.59 Å². The van der Waals surface area contributed by atoms with E-state index in [2.05, 4.69) is 9.24 Å². The largest absolute Gasteiger partial charge is 0.291 e. The summed E-state index contributed by atoms with van der Waals surface area (Å²) in [5, 5.41) is 0. The van der Waals surface area contributed by atoms with Gasteiger partial charge in [-0.05, 0) is 0 Å². The van der Waals surface area contributed by atoms with Crippen molar-refractivity contribution in [2.24, 2.45) is 0 Å². The van der Waals surface area contributed by atoms with Gasteiger partial charge in [-0.3, -0.25) is 9.59 Å². The van der Waals surface area contributed by atoms with Crippen LogP contribution in [0.1, 0.15) is 6.92 Å². The SMILES string of the molecule is CC(=O)C(=O)CP. The number of rotatable bonds is 2. The molecule has 1 atom stereocenters. The van der Waals surface area contributed by atoms with Gasteiger partial charge >= 0.3 is 0 Å². The highest BCUT2D eigenvalue weighted by atomic mass is 31.0. The van der Waals surface area contributed by atoms with Gasteiger partial charge in [-0.1, -0.05) is 0 Å². The maximum atomic E-state index is 10.1. The summed E-state index contributed by atoms with van der Waals surface area (Å²) in [6.07, 6.45) is 0.245. The number of carbonyl (C=O) groups is 2. The van der Waals surface area contributed by atoms with Crippen LogP contribution in [0.4, 0.5) is 0 Å². The second kappa shape index (κ2) is 2.86. The summed E-state index contributed by atoms with van der Waals surface area (Å²) in [6.45, 7) is 1.27. The first-order chi connectivity index (χ1) is 3.18. The van der Waals surface area contributed by atoms with Crippen molar-refractivity contribution in [2.45, 2.75) is 6.92 Å². The van der Waals surface area contributed by atoms with Crippen molar-refractivity contribution < 1.29 is 9.59 Å². The lowest BCUT2D eigenvalue weighted by Crippen LogP contribution is -2.09. The number of ketones is 2. The summed E-state index contributed by atoms with van der Waals surface area (Å²) in [6, 6.07) is 0. The van der Waals surface area contributed by atoms with E-state index in [1.807, 2.05) is 0 Å². The molecule has 0 bridgehead atoms. The lowest BCUT2D eigenvalue weighted by atomic mass is 10.3. The molecule has 0 aliphatic rings. The minimum atomic E-state index is -0.366. The summed E-state index contributed by atoms with van der Waals surface area (Å²) < 4.78 is 0. The molecule has 1 unspecified atom stereocenters. The Hall–Kier alpha value is -0.230. The lowest BCUT2D eigenvalue weighted by molar-refractivity contribution is -0.133. The standard InChI is InChI=1S/C4H7O2P/c1-3(5)4(6)2-7/h2,7H2,1H3. The van der Waals surface area contributed by atoms with E-state index < -0.39 is 0 Å². The molecule has 0 N–H and O–H groups in total. The van der Waals surface area contributed by atoms with Crippen molar-refractivity contribution >= 4 is 20.8 Å². The zero-order valence-electron chi connectivity index (χ0n) is 4.10. The highest BCUT2D eigenvalue weighted by Crippen LogP contribution is 1.82. The fourth-order valence-corrected chi connectivity index (χ4v) is 0.431. The monoisotopic (exact) mass is 118 g/mol. The quantitative estimate of drug-likeness (QED) is 0.378. The van der Waals surface area contributed by atoms with Crippen molar-refractivity contribution in [1.29, 1.82) is 0 Å². The molecule has 0 amide bonds. The van der Waals surface area contributed by atoms with Crippen LogP contribution in [0.2, 0.25) is 0 Å². The van der Waals surface area contributed by atoms with Crippen molar-refractivity contribution in [1.82, 2.24) is 0 Å². The minimum absolute atomic E-state index is 0.245. The van der Waals surface area contributed by atoms with E-state index >= 15 is 0 Å². The Morgan fingerprint density at radius 3 is 2.00 bits per heavy atom. The third-order valence-electron chi connectivity index (χ3n) is 0.578. The molecule has 0 saturated heterocycles. The normalized spacial score (nSPS) is 8.29. The predicted octanol–water partition coefficient (Wildman–Crippen LogP) is 0.0196. The van der Waals surface area contributed by atoms with Crippen LogP contribution in [-0.4, -0.2) is 17.7 Å². The molecule has 0 aromatic rings. The van der Waals surface area contributed by atoms with Crippen molar-refractivity contribution in [2.75, 3.05) is 6.16 Å². The highest BCUT2D eigenvalue weighted by Gasteiger charge is 2.00. The molecule has 3 heteroatoms. The molecule has 7 heavy (non-hydrogen) atoms. The van der Waals surface area contributed by atoms with Crippen LogP contribution in [0, 0.1) is 0 Å². The Labute approximate surface area is 44.5 Å². The van der Waals surface area contributed by atoms with Crippen LogP contribution in [0.25, 0.3) is 0 Å². The van der Waals surface area contributed by atoms with Gasteiger partial charge in [0.1, 0.15) is 0 Å². The third-order valence-corrected chi connectivity index (χ3v) is 0.949. The maximum absolute atomic E-state index is 10.1. The van der Waals surface area contributed by atoms with Crippen LogP contribution < -0.4 is 0 Å². The maximum Gasteiger partial charge on any atom is 0.201 e. The van der Waals surface area contributed by atoms with Gasteiger partial charge in [0.25, 0.3) is 0 Å². The van der Waals surface area contributed by atoms with Crippen molar-refractivity contribution in [3.63, 3.8) is 0 Å². The highest BCUT2D eigenvalue weighted by molar-refractivity contribution is 7.18. The molecule has 0 rings (SSSR count). The van der Waals surface area contributed by atoms with Gasteiger partial charge < -0.3 is 0 Å². The Balaban J connectivity index is 3.58. The summed E-state index contributed by atoms with van der Waals surface area (Å²) >= 11 is 0. The molecule has 0 heterocycles. The second-order valence-electron chi connectivity index (χ2n) is 1.18. The number of hydrogen-bond donors (Lipinski definition) is 0. The predicted molar refractivity (Wildman–Crippen MR) is 30.3 cm³/mol. The molecule has 0 radical (unpaired) electrons. The summed E-state index contributed by atoms with van der Waals surface area (Å²) in [5.74, 6) is -0.694. The molecule has 0 saturated carbocycles. The Morgan fingerprint density at radius 1 is 1.57 bits per heavy atom. The van der Waals surface area contributed by atoms with Gasteiger partial charge in [0.2, 0.25) is 5.78 Å². The van der Waals surface area contributed by atoms with E-state index in [4.69, 9.17) is 0 Å². The van der Waals surface area contributed by atoms with E-state index in [9.17, 15) is 9.59 Å². The third kappa shape index (κ3) is 2.46. The van der Waals surface area contributed by atoms with Crippen LogP contribution in [0.15, 0.2) is 0 Å². The topological polar surface area (TPSA) is 34.1 Å². The molecule has 0 spiro atoms. The molecule has 0 fully saturated rings. The van der Waals surface area contributed by atoms with Gasteiger partial charge in [0.05, 0.1) is 0 Å². The van der Waals surface area contributed by atoms with Gasteiger partial charge in [-0.2, -0.15) is 0 Å². The molecule has 0 aromatic heterocycles. The fraction of sp³-hybridized carbons (Fsp3) is 0.500. The summed E-state index contributed by atoms with van der Waals surface area (Å²) in [7, 11) is 2.19. The van der Waals surface area contributed by atoms with E-state index in [0.29, 0.717) is 0 Å². The number of carbonyl (C=O) groups excluding carboxylic acids is 2. The zero-order valence-corrected chi connectivity index (χ0v) is 5.26. The van der Waals surface area contributed by atoms with Crippen LogP contribution in [0.3, 0.4) is 0 Å². The molecule has 0 aromatic carbocycles. The molecule has 0 aliphatic carbocycles. The fourth-order valence-electron chi connectivity index (χ4n) is 0.144. The first-order valence-corrected chi connectivity index (χ1v) is 2.74. The number of Topliss-reactive ketones (excluding diaryl/α,β-unsaturated/α-hetero) is 2. The van der Waals surface area contributed by atoms with Crippen molar-refractivity contribution in [3.05, 3.63) is 0 Å². The first-order valence-electron chi connectivity index (χ1n) is 1.92. The summed E-state index contributed by atoms with van der Waals surface area (Å²) in [4.78, 5) is 20.2. The second-order valence-corrected chi connectivity index (χ2v) is 1.59. The van der Waals surface area contributed by atoms with E-state index in [1.165, 1.54) is 6.92 Å². The van der Waals surface area contributed by atoms with Crippen LogP contribution in [0.5, 0.6) is 0 Å².